The molecule has 7 nitrogen and oxygen atoms in total. The van der Waals surface area contributed by atoms with Gasteiger partial charge in [0.05, 0.1) is 16.9 Å². The third-order valence-electron chi connectivity index (χ3n) is 2.92. The highest BCUT2D eigenvalue weighted by molar-refractivity contribution is 9.10. The number of benzene rings is 1. The average molecular weight is 370 g/mol. The lowest BCUT2D eigenvalue weighted by atomic mass is 10.2. The number of hydrogen-bond donors (Lipinski definition) is 2. The molecule has 9 heteroatoms. The summed E-state index contributed by atoms with van der Waals surface area (Å²) in [7, 11) is -2.33. The first kappa shape index (κ1) is 15.3. The summed E-state index contributed by atoms with van der Waals surface area (Å²) in [5, 5.41) is 12.9. The fraction of sp³-hybridized carbons (Fsp3) is 0.167. The largest absolute Gasteiger partial charge is 0.381 e. The molecule has 2 aromatic rings. The summed E-state index contributed by atoms with van der Waals surface area (Å²) >= 11 is 3.24. The van der Waals surface area contributed by atoms with E-state index in [2.05, 4.69) is 25.8 Å². The van der Waals surface area contributed by atoms with Crippen molar-refractivity contribution in [2.24, 2.45) is 7.05 Å². The Hall–Kier alpha value is -2.05. The number of nitrogens with zero attached hydrogens (tertiary/aromatic N) is 3. The summed E-state index contributed by atoms with van der Waals surface area (Å²) < 4.78 is 29.3. The van der Waals surface area contributed by atoms with Crippen LogP contribution in [-0.4, -0.2) is 18.2 Å². The zero-order valence-electron chi connectivity index (χ0n) is 11.3. The van der Waals surface area contributed by atoms with Crippen molar-refractivity contribution in [2.75, 3.05) is 10.5 Å². The molecule has 0 spiro atoms. The number of nitriles is 1. The second-order valence-corrected chi connectivity index (χ2v) is 6.87. The molecule has 0 amide bonds. The Morgan fingerprint density at radius 3 is 2.67 bits per heavy atom. The zero-order chi connectivity index (χ0) is 15.8. The summed E-state index contributed by atoms with van der Waals surface area (Å²) in [4.78, 5) is -0.0890. The smallest absolute Gasteiger partial charge is 0.267 e. The number of nitrogen functional groups attached to an aromatic ring is 1. The quantitative estimate of drug-likeness (QED) is 0.854. The monoisotopic (exact) mass is 369 g/mol. The molecule has 0 unspecified atom stereocenters. The number of sulfonamides is 1. The van der Waals surface area contributed by atoms with Crippen LogP contribution in [-0.2, 0) is 17.1 Å². The van der Waals surface area contributed by atoms with Gasteiger partial charge in [-0.1, -0.05) is 15.9 Å². The van der Waals surface area contributed by atoms with Crippen molar-refractivity contribution in [3.8, 4) is 6.07 Å². The Kier molecular flexibility index (Phi) is 3.93. The predicted molar refractivity (Wildman–Crippen MR) is 82.0 cm³/mol. The number of anilines is 2. The standard InChI is InChI=1S/C12H12BrN5O2S/c1-7-11(12(15)16-18(7)2)21(19,20)17-10-5-9(13)4-3-8(10)6-14/h3-5,17H,1-2H3,(H2,15,16). The molecule has 2 rings (SSSR count). The van der Waals surface area contributed by atoms with Gasteiger partial charge in [-0.3, -0.25) is 9.40 Å². The van der Waals surface area contributed by atoms with E-state index in [0.717, 1.165) is 0 Å². The van der Waals surface area contributed by atoms with Crippen LogP contribution in [0.4, 0.5) is 11.5 Å². The zero-order valence-corrected chi connectivity index (χ0v) is 13.7. The third kappa shape index (κ3) is 2.86. The van der Waals surface area contributed by atoms with E-state index >= 15 is 0 Å². The van der Waals surface area contributed by atoms with E-state index in [9.17, 15) is 8.42 Å². The predicted octanol–water partition coefficient (Wildman–Crippen LogP) is 1.75. The molecule has 3 N–H and O–H groups in total. The second kappa shape index (κ2) is 5.38. The van der Waals surface area contributed by atoms with E-state index in [1.165, 1.54) is 16.8 Å². The molecule has 0 saturated carbocycles. The first-order chi connectivity index (χ1) is 9.76. The van der Waals surface area contributed by atoms with Crippen LogP contribution in [0.3, 0.4) is 0 Å². The molecule has 0 saturated heterocycles. The molecule has 0 aliphatic carbocycles. The first-order valence-electron chi connectivity index (χ1n) is 5.78. The number of nitrogens with two attached hydrogens (primary N) is 1. The molecular weight excluding hydrogens is 358 g/mol. The summed E-state index contributed by atoms with van der Waals surface area (Å²) in [5.74, 6) is -0.0870. The van der Waals surface area contributed by atoms with E-state index in [1.807, 2.05) is 6.07 Å². The summed E-state index contributed by atoms with van der Waals surface area (Å²) in [5.41, 5.74) is 6.45. The molecule has 1 aromatic heterocycles. The lowest BCUT2D eigenvalue weighted by Gasteiger charge is -2.10. The van der Waals surface area contributed by atoms with Crippen molar-refractivity contribution in [1.29, 1.82) is 5.26 Å². The third-order valence-corrected chi connectivity index (χ3v) is 4.94. The molecule has 1 heterocycles. The Morgan fingerprint density at radius 2 is 2.14 bits per heavy atom. The molecule has 0 atom stereocenters. The van der Waals surface area contributed by atoms with Crippen LogP contribution in [0.2, 0.25) is 0 Å². The Morgan fingerprint density at radius 1 is 1.48 bits per heavy atom. The van der Waals surface area contributed by atoms with Crippen LogP contribution < -0.4 is 10.5 Å². The van der Waals surface area contributed by atoms with Gasteiger partial charge in [0.25, 0.3) is 10.0 Å². The van der Waals surface area contributed by atoms with Gasteiger partial charge in [0, 0.05) is 11.5 Å². The van der Waals surface area contributed by atoms with Gasteiger partial charge in [-0.05, 0) is 25.1 Å². The van der Waals surface area contributed by atoms with Gasteiger partial charge in [-0.15, -0.1) is 0 Å². The number of rotatable bonds is 3. The SMILES string of the molecule is Cc1c(S(=O)(=O)Nc2cc(Br)ccc2C#N)c(N)nn1C. The van der Waals surface area contributed by atoms with Crippen LogP contribution >= 0.6 is 15.9 Å². The number of halogens is 1. The van der Waals surface area contributed by atoms with Crippen LogP contribution in [0.25, 0.3) is 0 Å². The topological polar surface area (TPSA) is 114 Å². The van der Waals surface area contributed by atoms with Gasteiger partial charge in [0.15, 0.2) is 10.7 Å². The molecule has 1 aromatic carbocycles. The van der Waals surface area contributed by atoms with Crippen molar-refractivity contribution in [3.63, 3.8) is 0 Å². The lowest BCUT2D eigenvalue weighted by molar-refractivity contribution is 0.600. The van der Waals surface area contributed by atoms with Crippen LogP contribution in [0.15, 0.2) is 27.6 Å². The van der Waals surface area contributed by atoms with E-state index in [1.54, 1.807) is 20.0 Å². The van der Waals surface area contributed by atoms with E-state index in [4.69, 9.17) is 11.0 Å². The number of aromatic nitrogens is 2. The Bertz CT molecular complexity index is 851. The summed E-state index contributed by atoms with van der Waals surface area (Å²) in [6, 6.07) is 6.61. The molecule has 0 bridgehead atoms. The van der Waals surface area contributed by atoms with Gasteiger partial charge < -0.3 is 5.73 Å². The highest BCUT2D eigenvalue weighted by Gasteiger charge is 2.25. The van der Waals surface area contributed by atoms with Gasteiger partial charge >= 0.3 is 0 Å². The van der Waals surface area contributed by atoms with Gasteiger partial charge in [-0.25, -0.2) is 8.42 Å². The molecule has 0 aliphatic rings. The fourth-order valence-electron chi connectivity index (χ4n) is 1.84. The van der Waals surface area contributed by atoms with E-state index in [-0.39, 0.29) is 22.0 Å². The van der Waals surface area contributed by atoms with Crippen molar-refractivity contribution in [3.05, 3.63) is 33.9 Å². The normalized spacial score (nSPS) is 11.1. The van der Waals surface area contributed by atoms with Crippen LogP contribution in [0.1, 0.15) is 11.3 Å². The maximum Gasteiger partial charge on any atom is 0.267 e. The first-order valence-corrected chi connectivity index (χ1v) is 8.05. The summed E-state index contributed by atoms with van der Waals surface area (Å²) in [6.45, 7) is 1.60. The van der Waals surface area contributed by atoms with Gasteiger partial charge in [-0.2, -0.15) is 10.4 Å². The van der Waals surface area contributed by atoms with Crippen LogP contribution in [0, 0.1) is 18.3 Å². The van der Waals surface area contributed by atoms with Crippen molar-refractivity contribution in [1.82, 2.24) is 9.78 Å². The maximum atomic E-state index is 12.5. The Labute approximate surface area is 130 Å². The average Bonchev–Trinajstić information content (AvgIpc) is 2.63. The van der Waals surface area contributed by atoms with Crippen LogP contribution in [0.5, 0.6) is 0 Å². The maximum absolute atomic E-state index is 12.5. The number of hydrogen-bond acceptors (Lipinski definition) is 5. The lowest BCUT2D eigenvalue weighted by Crippen LogP contribution is -2.16. The highest BCUT2D eigenvalue weighted by Crippen LogP contribution is 2.27. The minimum Gasteiger partial charge on any atom is -0.381 e. The molecular formula is C12H12BrN5O2S. The minimum absolute atomic E-state index is 0.0870. The second-order valence-electron chi connectivity index (χ2n) is 4.33. The molecule has 21 heavy (non-hydrogen) atoms. The summed E-state index contributed by atoms with van der Waals surface area (Å²) in [6.07, 6.45) is 0. The fourth-order valence-corrected chi connectivity index (χ4v) is 3.60. The molecule has 0 fully saturated rings. The minimum atomic E-state index is -3.93. The van der Waals surface area contributed by atoms with E-state index in [0.29, 0.717) is 10.2 Å². The number of nitrogens with one attached hydrogen (secondary N) is 1. The van der Waals surface area contributed by atoms with Crippen molar-refractivity contribution in [2.45, 2.75) is 11.8 Å². The molecule has 0 radical (unpaired) electrons. The highest BCUT2D eigenvalue weighted by atomic mass is 79.9. The van der Waals surface area contributed by atoms with Gasteiger partial charge in [0.1, 0.15) is 6.07 Å². The molecule has 0 aliphatic heterocycles. The Balaban J connectivity index is 2.53. The van der Waals surface area contributed by atoms with Crippen molar-refractivity contribution < 1.29 is 8.42 Å². The molecule has 110 valence electrons. The number of aryl methyl sites for hydroxylation is 1. The van der Waals surface area contributed by atoms with Crippen molar-refractivity contribution >= 4 is 37.5 Å². The van der Waals surface area contributed by atoms with Gasteiger partial charge in [0.2, 0.25) is 0 Å². The van der Waals surface area contributed by atoms with E-state index < -0.39 is 10.0 Å².